The molecule has 0 unspecified atom stereocenters. The van der Waals surface area contributed by atoms with Crippen molar-refractivity contribution in [1.82, 2.24) is 14.5 Å². The summed E-state index contributed by atoms with van der Waals surface area (Å²) < 4.78 is 55.4. The molecule has 7 heteroatoms. The van der Waals surface area contributed by atoms with Gasteiger partial charge in [-0.2, -0.15) is 13.2 Å². The van der Waals surface area contributed by atoms with Gasteiger partial charge in [0.15, 0.2) is 0 Å². The first-order valence-electron chi connectivity index (χ1n) is 9.14. The first-order valence-corrected chi connectivity index (χ1v) is 9.14. The Morgan fingerprint density at radius 3 is 2.31 bits per heavy atom. The maximum atomic E-state index is 14.6. The number of aromatic nitrogens is 3. The molecule has 0 aliphatic carbocycles. The van der Waals surface area contributed by atoms with Gasteiger partial charge in [0.05, 0.1) is 16.7 Å². The zero-order valence-corrected chi connectivity index (χ0v) is 16.2. The molecule has 3 heterocycles. The Morgan fingerprint density at radius 1 is 0.897 bits per heavy atom. The molecule has 0 saturated heterocycles. The Hall–Kier alpha value is -2.96. The molecule has 0 fully saturated rings. The van der Waals surface area contributed by atoms with Crippen molar-refractivity contribution in [3.8, 4) is 11.1 Å². The van der Waals surface area contributed by atoms with E-state index in [4.69, 9.17) is 0 Å². The molecule has 0 atom stereocenters. The predicted molar refractivity (Wildman–Crippen MR) is 105 cm³/mol. The van der Waals surface area contributed by atoms with Crippen molar-refractivity contribution < 1.29 is 17.6 Å². The zero-order chi connectivity index (χ0) is 21.0. The van der Waals surface area contributed by atoms with Crippen molar-refractivity contribution in [2.24, 2.45) is 0 Å². The fourth-order valence-electron chi connectivity index (χ4n) is 3.62. The van der Waals surface area contributed by atoms with Crippen LogP contribution in [0.2, 0.25) is 0 Å². The minimum atomic E-state index is -4.37. The second-order valence-electron chi connectivity index (χ2n) is 8.13. The van der Waals surface area contributed by atoms with Crippen LogP contribution in [0.1, 0.15) is 26.5 Å². The van der Waals surface area contributed by atoms with Crippen LogP contribution in [0.4, 0.5) is 17.6 Å². The van der Waals surface area contributed by atoms with Crippen LogP contribution >= 0.6 is 0 Å². The van der Waals surface area contributed by atoms with E-state index >= 15 is 0 Å². The lowest BCUT2D eigenvalue weighted by atomic mass is 9.90. The number of pyridine rings is 2. The van der Waals surface area contributed by atoms with Gasteiger partial charge in [0.2, 0.25) is 0 Å². The average Bonchev–Trinajstić information content (AvgIpc) is 2.93. The molecular weight excluding hydrogens is 382 g/mol. The lowest BCUT2D eigenvalue weighted by molar-refractivity contribution is -0.139. The molecule has 0 bridgehead atoms. The van der Waals surface area contributed by atoms with Gasteiger partial charge >= 0.3 is 6.18 Å². The van der Waals surface area contributed by atoms with Gasteiger partial charge in [-0.1, -0.05) is 32.9 Å². The van der Waals surface area contributed by atoms with E-state index < -0.39 is 24.0 Å². The molecule has 0 N–H and O–H groups in total. The Labute approximate surface area is 165 Å². The van der Waals surface area contributed by atoms with Gasteiger partial charge in [-0.05, 0) is 23.8 Å². The van der Waals surface area contributed by atoms with E-state index in [9.17, 15) is 17.6 Å². The smallest absolute Gasteiger partial charge is 0.331 e. The molecular formula is C22H19F4N3. The summed E-state index contributed by atoms with van der Waals surface area (Å²) in [7, 11) is 0. The van der Waals surface area contributed by atoms with Crippen molar-refractivity contribution in [1.29, 1.82) is 0 Å². The molecule has 4 aromatic rings. The first-order chi connectivity index (χ1) is 13.5. The lowest BCUT2D eigenvalue weighted by Gasteiger charge is -2.18. The number of rotatable bonds is 2. The van der Waals surface area contributed by atoms with E-state index in [-0.39, 0.29) is 0 Å². The average molecular weight is 401 g/mol. The maximum Gasteiger partial charge on any atom is 0.406 e. The number of benzene rings is 1. The summed E-state index contributed by atoms with van der Waals surface area (Å²) >= 11 is 0. The summed E-state index contributed by atoms with van der Waals surface area (Å²) in [5.74, 6) is -0.435. The number of hydrogen-bond acceptors (Lipinski definition) is 2. The summed E-state index contributed by atoms with van der Waals surface area (Å²) in [6.07, 6.45) is 0.215. The fourth-order valence-corrected chi connectivity index (χ4v) is 3.62. The number of nitrogens with zero attached hydrogens (tertiary/aromatic N) is 3. The van der Waals surface area contributed by atoms with Crippen molar-refractivity contribution in [2.75, 3.05) is 0 Å². The fraction of sp³-hybridized carbons (Fsp3) is 0.273. The van der Waals surface area contributed by atoms with Gasteiger partial charge in [0.25, 0.3) is 0 Å². The molecule has 29 heavy (non-hydrogen) atoms. The van der Waals surface area contributed by atoms with Crippen LogP contribution < -0.4 is 0 Å². The van der Waals surface area contributed by atoms with E-state index in [1.54, 1.807) is 36.7 Å². The van der Waals surface area contributed by atoms with E-state index in [1.807, 2.05) is 20.8 Å². The second-order valence-corrected chi connectivity index (χ2v) is 8.13. The third kappa shape index (κ3) is 3.57. The Morgan fingerprint density at radius 2 is 1.66 bits per heavy atom. The highest BCUT2D eigenvalue weighted by Gasteiger charge is 2.30. The van der Waals surface area contributed by atoms with Crippen LogP contribution in [0, 0.1) is 5.82 Å². The van der Waals surface area contributed by atoms with E-state index in [2.05, 4.69) is 9.97 Å². The summed E-state index contributed by atoms with van der Waals surface area (Å²) in [6.45, 7) is 4.49. The van der Waals surface area contributed by atoms with Gasteiger partial charge in [-0.25, -0.2) is 4.39 Å². The second kappa shape index (κ2) is 6.54. The third-order valence-corrected chi connectivity index (χ3v) is 4.89. The molecule has 0 amide bonds. The van der Waals surface area contributed by atoms with Crippen molar-refractivity contribution >= 4 is 21.8 Å². The largest absolute Gasteiger partial charge is 0.406 e. The van der Waals surface area contributed by atoms with Gasteiger partial charge in [-0.15, -0.1) is 0 Å². The highest BCUT2D eigenvalue weighted by molar-refractivity contribution is 6.08. The highest BCUT2D eigenvalue weighted by Crippen LogP contribution is 2.34. The minimum Gasteiger partial charge on any atom is -0.331 e. The highest BCUT2D eigenvalue weighted by atomic mass is 19.4. The number of alkyl halides is 3. The van der Waals surface area contributed by atoms with Crippen molar-refractivity contribution in [3.05, 3.63) is 60.4 Å². The van der Waals surface area contributed by atoms with Gasteiger partial charge < -0.3 is 4.57 Å². The van der Waals surface area contributed by atoms with E-state index in [0.29, 0.717) is 38.6 Å². The summed E-state index contributed by atoms with van der Waals surface area (Å²) in [4.78, 5) is 8.30. The SMILES string of the molecule is CC(C)(C)c1ncc(-c2ccc3c4cnccc4n(CC(F)(F)F)c3c2)cc1F. The number of hydrogen-bond donors (Lipinski definition) is 0. The summed E-state index contributed by atoms with van der Waals surface area (Å²) in [6, 6.07) is 8.11. The van der Waals surface area contributed by atoms with Crippen LogP contribution in [0.15, 0.2) is 48.9 Å². The van der Waals surface area contributed by atoms with Gasteiger partial charge in [-0.3, -0.25) is 9.97 Å². The van der Waals surface area contributed by atoms with E-state index in [0.717, 1.165) is 0 Å². The Balaban J connectivity index is 1.91. The molecule has 0 radical (unpaired) electrons. The van der Waals surface area contributed by atoms with E-state index in [1.165, 1.54) is 16.8 Å². The summed E-state index contributed by atoms with van der Waals surface area (Å²) in [5, 5.41) is 1.31. The number of fused-ring (bicyclic) bond motifs is 3. The molecule has 3 aromatic heterocycles. The predicted octanol–water partition coefficient (Wildman–Crippen LogP) is 6.25. The molecule has 0 spiro atoms. The van der Waals surface area contributed by atoms with Gasteiger partial charge in [0.1, 0.15) is 12.4 Å². The molecule has 0 aliphatic rings. The molecule has 0 saturated carbocycles. The van der Waals surface area contributed by atoms with Crippen LogP contribution in [0.5, 0.6) is 0 Å². The minimum absolute atomic E-state index is 0.347. The number of halogens is 4. The maximum absolute atomic E-state index is 14.6. The topological polar surface area (TPSA) is 30.7 Å². The monoisotopic (exact) mass is 401 g/mol. The Kier molecular flexibility index (Phi) is 4.37. The van der Waals surface area contributed by atoms with Crippen LogP contribution in [-0.4, -0.2) is 20.7 Å². The summed E-state index contributed by atoms with van der Waals surface area (Å²) in [5.41, 5.74) is 1.89. The molecule has 3 nitrogen and oxygen atoms in total. The quantitative estimate of drug-likeness (QED) is 0.372. The normalized spacial score (nSPS) is 12.8. The van der Waals surface area contributed by atoms with Crippen LogP contribution in [0.3, 0.4) is 0 Å². The third-order valence-electron chi connectivity index (χ3n) is 4.89. The molecule has 0 aliphatic heterocycles. The standard InChI is InChI=1S/C22H19F4N3/c1-21(2,3)20-17(23)8-14(10-28-20)13-4-5-15-16-11-27-7-6-18(16)29(19(15)9-13)12-22(24,25)26/h4-11H,12H2,1-3H3. The Bertz CT molecular complexity index is 1220. The van der Waals surface area contributed by atoms with Crippen LogP contribution in [-0.2, 0) is 12.0 Å². The van der Waals surface area contributed by atoms with Gasteiger partial charge in [0, 0.05) is 40.3 Å². The zero-order valence-electron chi connectivity index (χ0n) is 16.2. The van der Waals surface area contributed by atoms with Crippen molar-refractivity contribution in [3.63, 3.8) is 0 Å². The van der Waals surface area contributed by atoms with Crippen LogP contribution in [0.25, 0.3) is 32.9 Å². The molecule has 150 valence electrons. The first kappa shape index (κ1) is 19.4. The lowest BCUT2D eigenvalue weighted by Crippen LogP contribution is -2.17. The molecule has 4 rings (SSSR count). The molecule has 1 aromatic carbocycles. The van der Waals surface area contributed by atoms with Crippen molar-refractivity contribution in [2.45, 2.75) is 38.9 Å².